The largest absolute Gasteiger partial charge is 0.300 e. The molecule has 8 heteroatoms. The second-order valence-electron chi connectivity index (χ2n) is 7.94. The van der Waals surface area contributed by atoms with E-state index in [9.17, 15) is 14.4 Å². The summed E-state index contributed by atoms with van der Waals surface area (Å²) in [6.45, 7) is 1.94. The van der Waals surface area contributed by atoms with Gasteiger partial charge in [-0.05, 0) is 24.5 Å². The summed E-state index contributed by atoms with van der Waals surface area (Å²) in [6.07, 6.45) is 11.4. The Kier molecular flexibility index (Phi) is 8.71. The van der Waals surface area contributed by atoms with Crippen molar-refractivity contribution < 1.29 is 14.4 Å². The number of carbonyl (C=O) groups excluding carboxylic acids is 3. The van der Waals surface area contributed by atoms with E-state index in [1.807, 2.05) is 25.1 Å². The fraction of sp³-hybridized carbons (Fsp3) is 0.458. The summed E-state index contributed by atoms with van der Waals surface area (Å²) in [5.41, 5.74) is 2.58. The zero-order valence-electron chi connectivity index (χ0n) is 18.5. The Bertz CT molecular complexity index is 1070. The van der Waals surface area contributed by atoms with Crippen LogP contribution in [0.15, 0.2) is 36.8 Å². The fourth-order valence-corrected chi connectivity index (χ4v) is 3.59. The van der Waals surface area contributed by atoms with Crippen molar-refractivity contribution in [3.8, 4) is 0 Å². The molecule has 0 radical (unpaired) electrons. The van der Waals surface area contributed by atoms with Crippen molar-refractivity contribution in [1.82, 2.24) is 25.0 Å². The number of aromatic nitrogens is 5. The van der Waals surface area contributed by atoms with E-state index in [1.54, 1.807) is 18.6 Å². The zero-order chi connectivity index (χ0) is 22.8. The Balaban J connectivity index is 1.41. The minimum Gasteiger partial charge on any atom is -0.300 e. The highest BCUT2D eigenvalue weighted by Gasteiger charge is 2.14. The van der Waals surface area contributed by atoms with Crippen molar-refractivity contribution in [2.24, 2.45) is 0 Å². The molecule has 0 amide bonds. The van der Waals surface area contributed by atoms with Gasteiger partial charge in [-0.15, -0.1) is 5.10 Å². The lowest BCUT2D eigenvalue weighted by Crippen LogP contribution is -2.13. The summed E-state index contributed by atoms with van der Waals surface area (Å²) in [4.78, 5) is 44.7. The third-order valence-electron chi connectivity index (χ3n) is 5.39. The number of unbranched alkanes of at least 4 members (excludes halogenated alkanes) is 4. The first-order valence-corrected chi connectivity index (χ1v) is 11.2. The second-order valence-corrected chi connectivity index (χ2v) is 7.94. The summed E-state index contributed by atoms with van der Waals surface area (Å²) in [5, 5.41) is 7.87. The van der Waals surface area contributed by atoms with Crippen molar-refractivity contribution in [1.29, 1.82) is 0 Å². The molecule has 0 bridgehead atoms. The summed E-state index contributed by atoms with van der Waals surface area (Å²) in [7, 11) is 0. The van der Waals surface area contributed by atoms with Gasteiger partial charge >= 0.3 is 0 Å². The van der Waals surface area contributed by atoms with E-state index in [2.05, 4.69) is 20.3 Å². The van der Waals surface area contributed by atoms with Crippen LogP contribution in [0, 0.1) is 0 Å². The Hall–Kier alpha value is -3.29. The smallest absolute Gasteiger partial charge is 0.184 e. The number of ketones is 3. The Morgan fingerprint density at radius 2 is 1.66 bits per heavy atom. The molecule has 0 saturated heterocycles. The van der Waals surface area contributed by atoms with Gasteiger partial charge in [-0.1, -0.05) is 43.5 Å². The van der Waals surface area contributed by atoms with Gasteiger partial charge in [-0.3, -0.25) is 24.4 Å². The predicted octanol–water partition coefficient (Wildman–Crippen LogP) is 3.93. The normalized spacial score (nSPS) is 11.0. The number of carbonyl (C=O) groups is 3. The number of Topliss-reactive ketones (excluding diaryl/α,β-unsaturated/α-hetero) is 3. The lowest BCUT2D eigenvalue weighted by molar-refractivity contribution is -0.119. The highest BCUT2D eigenvalue weighted by Crippen LogP contribution is 2.15. The van der Waals surface area contributed by atoms with Crippen molar-refractivity contribution in [2.45, 2.75) is 71.3 Å². The van der Waals surface area contributed by atoms with Crippen LogP contribution < -0.4 is 0 Å². The van der Waals surface area contributed by atoms with Gasteiger partial charge < -0.3 is 0 Å². The molecule has 0 spiro atoms. The standard InChI is InChI=1S/C24H29N5O3/c1-2-19(30)10-6-4-3-5-7-12-23(32)22-17-29(28-27-22)16-20(31)15-18-9-8-11-21-24(18)26-14-13-25-21/h8-9,11,13-14,17H,2-7,10,12,15-16H2,1H3. The predicted molar refractivity (Wildman–Crippen MR) is 120 cm³/mol. The topological polar surface area (TPSA) is 108 Å². The number of nitrogens with zero attached hydrogens (tertiary/aromatic N) is 5. The van der Waals surface area contributed by atoms with Gasteiger partial charge in [0, 0.05) is 38.1 Å². The number of para-hydroxylation sites is 1. The molecule has 2 heterocycles. The van der Waals surface area contributed by atoms with Crippen LogP contribution in [-0.2, 0) is 22.6 Å². The van der Waals surface area contributed by atoms with Crippen molar-refractivity contribution in [2.75, 3.05) is 0 Å². The molecule has 168 valence electrons. The van der Waals surface area contributed by atoms with Gasteiger partial charge in [0.25, 0.3) is 0 Å². The van der Waals surface area contributed by atoms with Crippen LogP contribution in [0.4, 0.5) is 0 Å². The molecule has 3 rings (SSSR count). The molecule has 0 N–H and O–H groups in total. The van der Waals surface area contributed by atoms with Crippen LogP contribution in [0.5, 0.6) is 0 Å². The molecule has 0 atom stereocenters. The van der Waals surface area contributed by atoms with E-state index >= 15 is 0 Å². The third kappa shape index (κ3) is 6.87. The van der Waals surface area contributed by atoms with Gasteiger partial charge in [-0.25, -0.2) is 4.68 Å². The van der Waals surface area contributed by atoms with Crippen molar-refractivity contribution >= 4 is 28.4 Å². The van der Waals surface area contributed by atoms with E-state index in [0.29, 0.717) is 30.7 Å². The van der Waals surface area contributed by atoms with Gasteiger partial charge in [0.05, 0.1) is 17.2 Å². The van der Waals surface area contributed by atoms with Crippen molar-refractivity contribution in [3.05, 3.63) is 48.0 Å². The monoisotopic (exact) mass is 435 g/mol. The van der Waals surface area contributed by atoms with E-state index in [0.717, 1.165) is 48.7 Å². The van der Waals surface area contributed by atoms with E-state index in [-0.39, 0.29) is 24.5 Å². The van der Waals surface area contributed by atoms with E-state index in [4.69, 9.17) is 0 Å². The average molecular weight is 436 g/mol. The highest BCUT2D eigenvalue weighted by molar-refractivity contribution is 5.94. The average Bonchev–Trinajstić information content (AvgIpc) is 3.26. The van der Waals surface area contributed by atoms with Gasteiger partial charge in [0.15, 0.2) is 11.6 Å². The quantitative estimate of drug-likeness (QED) is 0.279. The molecule has 8 nitrogen and oxygen atoms in total. The van der Waals surface area contributed by atoms with Gasteiger partial charge in [-0.2, -0.15) is 0 Å². The molecule has 0 unspecified atom stereocenters. The van der Waals surface area contributed by atoms with Crippen LogP contribution in [0.3, 0.4) is 0 Å². The molecule has 0 aliphatic heterocycles. The second kappa shape index (κ2) is 11.9. The van der Waals surface area contributed by atoms with Gasteiger partial charge in [0.2, 0.25) is 0 Å². The summed E-state index contributed by atoms with van der Waals surface area (Å²) in [6, 6.07) is 5.59. The molecule has 32 heavy (non-hydrogen) atoms. The van der Waals surface area contributed by atoms with Crippen LogP contribution in [0.2, 0.25) is 0 Å². The third-order valence-corrected chi connectivity index (χ3v) is 5.39. The number of benzene rings is 1. The molecule has 0 aliphatic carbocycles. The van der Waals surface area contributed by atoms with E-state index < -0.39 is 0 Å². The lowest BCUT2D eigenvalue weighted by Gasteiger charge is -2.04. The maximum absolute atomic E-state index is 12.5. The van der Waals surface area contributed by atoms with Crippen molar-refractivity contribution in [3.63, 3.8) is 0 Å². The molecule has 3 aromatic rings. The minimum atomic E-state index is -0.0609. The minimum absolute atomic E-state index is 0.0476. The first kappa shape index (κ1) is 23.4. The number of rotatable bonds is 14. The molecular formula is C24H29N5O3. The molecule has 0 aliphatic rings. The van der Waals surface area contributed by atoms with Crippen LogP contribution >= 0.6 is 0 Å². The maximum Gasteiger partial charge on any atom is 0.184 e. The summed E-state index contributed by atoms with van der Waals surface area (Å²) >= 11 is 0. The molecule has 2 aromatic heterocycles. The lowest BCUT2D eigenvalue weighted by atomic mass is 10.1. The van der Waals surface area contributed by atoms with Crippen LogP contribution in [-0.4, -0.2) is 42.3 Å². The number of fused-ring (bicyclic) bond motifs is 1. The first-order valence-electron chi connectivity index (χ1n) is 11.2. The molecular weight excluding hydrogens is 406 g/mol. The number of hydrogen-bond donors (Lipinski definition) is 0. The van der Waals surface area contributed by atoms with Gasteiger partial charge in [0.1, 0.15) is 18.0 Å². The van der Waals surface area contributed by atoms with Crippen LogP contribution in [0.1, 0.15) is 74.3 Å². The zero-order valence-corrected chi connectivity index (χ0v) is 18.5. The number of hydrogen-bond acceptors (Lipinski definition) is 7. The fourth-order valence-electron chi connectivity index (χ4n) is 3.59. The maximum atomic E-state index is 12.5. The molecule has 0 fully saturated rings. The Morgan fingerprint density at radius 1 is 0.906 bits per heavy atom. The first-order chi connectivity index (χ1) is 15.6. The Labute approximate surface area is 187 Å². The SMILES string of the molecule is CCC(=O)CCCCCCCC(=O)c1cn(CC(=O)Cc2cccc3nccnc23)nn1. The van der Waals surface area contributed by atoms with Crippen LogP contribution in [0.25, 0.3) is 11.0 Å². The summed E-state index contributed by atoms with van der Waals surface area (Å²) in [5.74, 6) is 0.204. The molecule has 0 saturated carbocycles. The van der Waals surface area contributed by atoms with E-state index in [1.165, 1.54) is 4.68 Å². The molecule has 1 aromatic carbocycles. The Morgan fingerprint density at radius 3 is 2.47 bits per heavy atom. The highest BCUT2D eigenvalue weighted by atomic mass is 16.1. The summed E-state index contributed by atoms with van der Waals surface area (Å²) < 4.78 is 1.41.